The number of carbonyl (C=O) groups excluding carboxylic acids is 3. The lowest BCUT2D eigenvalue weighted by atomic mass is 9.32. The van der Waals surface area contributed by atoms with E-state index in [-0.39, 0.29) is 63.3 Å². The number of nitrogens with two attached hydrogens (primary N) is 1. The quantitative estimate of drug-likeness (QED) is 0.126. The SMILES string of the molecule is CC(C)C1=C2C3CC[C@@]4(N)[C@@](C)(CC[C@H]5C(C)(C)[C@@H](OC(=O)CC(C)(C)C=O)CC[C@@]54C)[C@]3(O)CC[C@@]2(CCNCc2cccc(Cl)c2F)CC1=O. The third-order valence-electron chi connectivity index (χ3n) is 15.6. The summed E-state index contributed by atoms with van der Waals surface area (Å²) < 4.78 is 20.8. The van der Waals surface area contributed by atoms with Crippen LogP contribution in [0.5, 0.6) is 0 Å². The maximum atomic E-state index is 14.6. The van der Waals surface area contributed by atoms with Gasteiger partial charge < -0.3 is 25.7 Å². The number of nitrogens with one attached hydrogen (secondary N) is 1. The van der Waals surface area contributed by atoms with Crippen molar-refractivity contribution in [3.63, 3.8) is 0 Å². The number of carbonyl (C=O) groups is 3. The first-order valence-corrected chi connectivity index (χ1v) is 20.1. The van der Waals surface area contributed by atoms with E-state index in [2.05, 4.69) is 46.9 Å². The molecule has 0 radical (unpaired) electrons. The number of hydrogen-bond donors (Lipinski definition) is 3. The van der Waals surface area contributed by atoms with Gasteiger partial charge in [-0.2, -0.15) is 0 Å². The van der Waals surface area contributed by atoms with E-state index in [0.717, 1.165) is 44.0 Å². The molecule has 1 aromatic carbocycles. The zero-order chi connectivity index (χ0) is 38.3. The van der Waals surface area contributed by atoms with Crippen LogP contribution in [0, 0.1) is 50.6 Å². The van der Waals surface area contributed by atoms with Crippen molar-refractivity contribution in [2.24, 2.45) is 50.6 Å². The third-order valence-corrected chi connectivity index (χ3v) is 15.9. The molecule has 4 fully saturated rings. The molecule has 0 saturated heterocycles. The second-order valence-corrected chi connectivity index (χ2v) is 19.9. The molecule has 7 nitrogen and oxygen atoms in total. The van der Waals surface area contributed by atoms with Crippen LogP contribution in [0.15, 0.2) is 29.3 Å². The van der Waals surface area contributed by atoms with Crippen molar-refractivity contribution in [2.45, 2.75) is 150 Å². The highest BCUT2D eigenvalue weighted by Crippen LogP contribution is 2.75. The summed E-state index contributed by atoms with van der Waals surface area (Å²) in [5.41, 5.74) is 6.32. The Kier molecular flexibility index (Phi) is 10.1. The maximum absolute atomic E-state index is 14.6. The predicted molar refractivity (Wildman–Crippen MR) is 202 cm³/mol. The summed E-state index contributed by atoms with van der Waals surface area (Å²) in [4.78, 5) is 38.5. The number of fused-ring (bicyclic) bond motifs is 7. The molecule has 9 heteroatoms. The van der Waals surface area contributed by atoms with Crippen LogP contribution in [0.3, 0.4) is 0 Å². The van der Waals surface area contributed by atoms with Gasteiger partial charge in [-0.05, 0) is 93.2 Å². The van der Waals surface area contributed by atoms with Gasteiger partial charge >= 0.3 is 5.97 Å². The van der Waals surface area contributed by atoms with E-state index in [0.29, 0.717) is 50.8 Å². The van der Waals surface area contributed by atoms with Crippen molar-refractivity contribution in [1.29, 1.82) is 0 Å². The summed E-state index contributed by atoms with van der Waals surface area (Å²) in [6, 6.07) is 5.04. The van der Waals surface area contributed by atoms with E-state index >= 15 is 0 Å². The van der Waals surface area contributed by atoms with Gasteiger partial charge in [0.05, 0.1) is 17.0 Å². The molecule has 0 spiro atoms. The molecule has 8 atom stereocenters. The van der Waals surface area contributed by atoms with Crippen LogP contribution < -0.4 is 11.1 Å². The fourth-order valence-corrected chi connectivity index (χ4v) is 12.9. The second kappa shape index (κ2) is 13.3. The van der Waals surface area contributed by atoms with Crippen LogP contribution in [-0.4, -0.2) is 46.9 Å². The first kappa shape index (κ1) is 39.6. The monoisotopic (exact) mass is 740 g/mol. The van der Waals surface area contributed by atoms with Crippen molar-refractivity contribution in [1.82, 2.24) is 5.32 Å². The van der Waals surface area contributed by atoms with Crippen LogP contribution in [0.4, 0.5) is 4.39 Å². The molecule has 0 aromatic heterocycles. The number of ketones is 1. The van der Waals surface area contributed by atoms with Crippen LogP contribution in [0.25, 0.3) is 0 Å². The average Bonchev–Trinajstić information content (AvgIpc) is 3.36. The van der Waals surface area contributed by atoms with E-state index in [1.165, 1.54) is 5.57 Å². The van der Waals surface area contributed by atoms with Crippen LogP contribution in [-0.2, 0) is 25.7 Å². The van der Waals surface area contributed by atoms with Crippen molar-refractivity contribution in [2.75, 3.05) is 6.54 Å². The smallest absolute Gasteiger partial charge is 0.307 e. The molecule has 5 aliphatic carbocycles. The molecule has 0 amide bonds. The van der Waals surface area contributed by atoms with E-state index < -0.39 is 27.8 Å². The maximum Gasteiger partial charge on any atom is 0.307 e. The molecule has 4 N–H and O–H groups in total. The molecule has 4 saturated carbocycles. The number of aliphatic hydroxyl groups is 1. The van der Waals surface area contributed by atoms with Crippen molar-refractivity contribution >= 4 is 29.6 Å². The number of ether oxygens (including phenoxy) is 1. The highest BCUT2D eigenvalue weighted by Gasteiger charge is 2.76. The molecule has 288 valence electrons. The zero-order valence-electron chi connectivity index (χ0n) is 32.7. The standard InChI is InChI=1S/C43H62ClFN2O5/c1-26(2)34-30(49)22-41(20-21-47-24-27-10-9-11-29(44)36(27)45)18-19-42(51)28(35(34)41)12-17-43(46)39(7)15-14-32(52-33(50)23-37(3,4)25-48)38(5,6)31(39)13-16-40(42,43)8/h9-11,25-26,28,31-32,47,51H,12-24,46H2,1-8H3/t28?,31-,32-,39-,40-,41+,42-,43-/m0/s1. The van der Waals surface area contributed by atoms with E-state index in [4.69, 9.17) is 22.1 Å². The zero-order valence-corrected chi connectivity index (χ0v) is 33.5. The normalized spacial score (nSPS) is 38.3. The Morgan fingerprint density at radius 3 is 2.50 bits per heavy atom. The Balaban J connectivity index is 1.27. The summed E-state index contributed by atoms with van der Waals surface area (Å²) in [5, 5.41) is 16.9. The van der Waals surface area contributed by atoms with Gasteiger partial charge in [-0.1, -0.05) is 84.7 Å². The number of rotatable bonds is 10. The molecular weight excluding hydrogens is 679 g/mol. The molecule has 52 heavy (non-hydrogen) atoms. The van der Waals surface area contributed by atoms with Gasteiger partial charge in [-0.15, -0.1) is 0 Å². The summed E-state index contributed by atoms with van der Waals surface area (Å²) >= 11 is 6.03. The average molecular weight is 741 g/mol. The first-order chi connectivity index (χ1) is 24.1. The molecule has 0 heterocycles. The van der Waals surface area contributed by atoms with Gasteiger partial charge in [0.2, 0.25) is 0 Å². The fraction of sp³-hybridized carbons (Fsp3) is 0.744. The molecule has 1 aromatic rings. The van der Waals surface area contributed by atoms with Gasteiger partial charge in [0.25, 0.3) is 0 Å². The molecule has 0 aliphatic heterocycles. The minimum atomic E-state index is -1.08. The molecule has 0 bridgehead atoms. The summed E-state index contributed by atoms with van der Waals surface area (Å²) in [5.74, 6) is -0.496. The number of esters is 1. The highest BCUT2D eigenvalue weighted by atomic mass is 35.5. The van der Waals surface area contributed by atoms with Crippen LogP contribution in [0.2, 0.25) is 5.02 Å². The number of benzene rings is 1. The Labute approximate surface area is 315 Å². The number of halogens is 2. The van der Waals surface area contributed by atoms with E-state index in [1.54, 1.807) is 32.0 Å². The van der Waals surface area contributed by atoms with Gasteiger partial charge in [0.15, 0.2) is 5.78 Å². The fourth-order valence-electron chi connectivity index (χ4n) is 12.7. The first-order valence-electron chi connectivity index (χ1n) is 19.7. The number of allylic oxidation sites excluding steroid dienone is 1. The Bertz CT molecular complexity index is 1660. The molecule has 6 rings (SSSR count). The van der Waals surface area contributed by atoms with E-state index in [1.807, 2.05) is 0 Å². The Hall–Kier alpha value is -2.13. The minimum absolute atomic E-state index is 0.0433. The Morgan fingerprint density at radius 2 is 1.83 bits per heavy atom. The third kappa shape index (κ3) is 5.78. The lowest BCUT2D eigenvalue weighted by molar-refractivity contribution is -0.271. The van der Waals surface area contributed by atoms with Crippen molar-refractivity contribution in [3.8, 4) is 0 Å². The lowest BCUT2D eigenvalue weighted by Gasteiger charge is -2.75. The van der Waals surface area contributed by atoms with E-state index in [9.17, 15) is 23.9 Å². The number of Topliss-reactive ketones (excluding diaryl/α,β-unsaturated/α-hetero) is 1. The van der Waals surface area contributed by atoms with Gasteiger partial charge in [-0.3, -0.25) is 9.59 Å². The predicted octanol–water partition coefficient (Wildman–Crippen LogP) is 8.27. The van der Waals surface area contributed by atoms with Gasteiger partial charge in [-0.25, -0.2) is 4.39 Å². The molecule has 5 aliphatic rings. The lowest BCUT2D eigenvalue weighted by Crippen LogP contribution is -2.80. The number of aldehydes is 1. The summed E-state index contributed by atoms with van der Waals surface area (Å²) in [6.07, 6.45) is 7.57. The summed E-state index contributed by atoms with van der Waals surface area (Å²) in [6.45, 7) is 17.6. The van der Waals surface area contributed by atoms with Crippen molar-refractivity contribution in [3.05, 3.63) is 45.7 Å². The summed E-state index contributed by atoms with van der Waals surface area (Å²) in [7, 11) is 0. The Morgan fingerprint density at radius 1 is 1.12 bits per heavy atom. The largest absolute Gasteiger partial charge is 0.462 e. The topological polar surface area (TPSA) is 119 Å². The minimum Gasteiger partial charge on any atom is -0.462 e. The van der Waals surface area contributed by atoms with Crippen LogP contribution >= 0.6 is 11.6 Å². The van der Waals surface area contributed by atoms with Gasteiger partial charge in [0, 0.05) is 51.6 Å². The second-order valence-electron chi connectivity index (χ2n) is 19.5. The van der Waals surface area contributed by atoms with Crippen molar-refractivity contribution < 1.29 is 28.6 Å². The highest BCUT2D eigenvalue weighted by molar-refractivity contribution is 6.30. The number of hydrogen-bond acceptors (Lipinski definition) is 7. The molecular formula is C43H62ClFN2O5. The van der Waals surface area contributed by atoms with Gasteiger partial charge in [0.1, 0.15) is 18.2 Å². The molecule has 1 unspecified atom stereocenters. The van der Waals surface area contributed by atoms with Crippen LogP contribution in [0.1, 0.15) is 132 Å².